The second-order valence-corrected chi connectivity index (χ2v) is 5.18. The molecular weight excluding hydrogens is 214 g/mol. The van der Waals surface area contributed by atoms with Gasteiger partial charge in [0.15, 0.2) is 0 Å². The molecule has 0 aromatic heterocycles. The van der Waals surface area contributed by atoms with Crippen molar-refractivity contribution in [1.82, 2.24) is 5.32 Å². The zero-order valence-corrected chi connectivity index (χ0v) is 11.5. The van der Waals surface area contributed by atoms with Crippen LogP contribution < -0.4 is 5.32 Å². The summed E-state index contributed by atoms with van der Waals surface area (Å²) in [4.78, 5) is 11.9. The number of carbonyl (C=O) groups is 1. The third-order valence-electron chi connectivity index (χ3n) is 3.83. The lowest BCUT2D eigenvalue weighted by atomic mass is 10.00. The van der Waals surface area contributed by atoms with E-state index >= 15 is 0 Å². The molecule has 0 aliphatic carbocycles. The summed E-state index contributed by atoms with van der Waals surface area (Å²) in [6.07, 6.45) is 5.65. The predicted molar refractivity (Wildman–Crippen MR) is 69.8 cm³/mol. The molecule has 0 aromatic rings. The van der Waals surface area contributed by atoms with Crippen LogP contribution in [0.3, 0.4) is 0 Å². The minimum absolute atomic E-state index is 0.00236. The fourth-order valence-corrected chi connectivity index (χ4v) is 2.39. The highest BCUT2D eigenvalue weighted by Crippen LogP contribution is 2.19. The van der Waals surface area contributed by atoms with Gasteiger partial charge in [-0.3, -0.25) is 4.79 Å². The van der Waals surface area contributed by atoms with Crippen molar-refractivity contribution in [3.8, 4) is 0 Å². The number of hydrogen-bond donors (Lipinski definition) is 1. The first kappa shape index (κ1) is 14.5. The second kappa shape index (κ2) is 7.70. The summed E-state index contributed by atoms with van der Waals surface area (Å²) in [5.74, 6) is 0.611. The fourth-order valence-electron chi connectivity index (χ4n) is 2.39. The Bertz CT molecular complexity index is 230. The van der Waals surface area contributed by atoms with Crippen LogP contribution in [-0.2, 0) is 9.53 Å². The van der Waals surface area contributed by atoms with Gasteiger partial charge in [0.05, 0.1) is 12.5 Å². The Kier molecular flexibility index (Phi) is 6.56. The molecule has 1 N–H and O–H groups in total. The van der Waals surface area contributed by atoms with Crippen molar-refractivity contribution < 1.29 is 9.53 Å². The summed E-state index contributed by atoms with van der Waals surface area (Å²) in [6, 6.07) is 0.276. The van der Waals surface area contributed by atoms with Gasteiger partial charge in [-0.25, -0.2) is 0 Å². The van der Waals surface area contributed by atoms with Crippen molar-refractivity contribution in [2.24, 2.45) is 11.8 Å². The van der Waals surface area contributed by atoms with E-state index in [-0.39, 0.29) is 17.9 Å². The Morgan fingerprint density at radius 1 is 1.47 bits per heavy atom. The Morgan fingerprint density at radius 2 is 2.24 bits per heavy atom. The molecule has 0 saturated carbocycles. The van der Waals surface area contributed by atoms with E-state index < -0.39 is 0 Å². The number of ether oxygens (including phenoxy) is 1. The van der Waals surface area contributed by atoms with Crippen LogP contribution in [0.4, 0.5) is 0 Å². The van der Waals surface area contributed by atoms with Gasteiger partial charge in [0.25, 0.3) is 0 Å². The number of carbonyl (C=O) groups excluding carboxylic acids is 1. The standard InChI is InChI=1S/C14H27NO2/c1-4-6-7-12(5-2)10-17-14(16)13-8-9-15-11(13)3/h11-13,15H,4-10H2,1-3H3. The molecule has 100 valence electrons. The summed E-state index contributed by atoms with van der Waals surface area (Å²) in [6.45, 7) is 7.98. The first-order chi connectivity index (χ1) is 8.19. The zero-order valence-electron chi connectivity index (χ0n) is 11.5. The van der Waals surface area contributed by atoms with E-state index in [0.29, 0.717) is 12.5 Å². The summed E-state index contributed by atoms with van der Waals surface area (Å²) in [5, 5.41) is 3.29. The van der Waals surface area contributed by atoms with E-state index in [1.807, 2.05) is 0 Å². The maximum absolute atomic E-state index is 11.9. The molecule has 3 unspecified atom stereocenters. The van der Waals surface area contributed by atoms with Crippen LogP contribution in [0, 0.1) is 11.8 Å². The van der Waals surface area contributed by atoms with Crippen LogP contribution in [0.2, 0.25) is 0 Å². The van der Waals surface area contributed by atoms with Gasteiger partial charge in [0, 0.05) is 6.04 Å². The quantitative estimate of drug-likeness (QED) is 0.697. The average Bonchev–Trinajstić information content (AvgIpc) is 2.75. The van der Waals surface area contributed by atoms with Crippen molar-refractivity contribution in [1.29, 1.82) is 0 Å². The molecule has 1 saturated heterocycles. The van der Waals surface area contributed by atoms with Crippen molar-refractivity contribution in [3.05, 3.63) is 0 Å². The van der Waals surface area contributed by atoms with Gasteiger partial charge in [0.1, 0.15) is 0 Å². The number of hydrogen-bond acceptors (Lipinski definition) is 3. The molecule has 0 spiro atoms. The molecular formula is C14H27NO2. The van der Waals surface area contributed by atoms with Gasteiger partial charge in [0.2, 0.25) is 0 Å². The maximum atomic E-state index is 11.9. The number of unbranched alkanes of at least 4 members (excludes halogenated alkanes) is 1. The summed E-state index contributed by atoms with van der Waals surface area (Å²) in [5.41, 5.74) is 0. The lowest BCUT2D eigenvalue weighted by molar-refractivity contribution is -0.150. The topological polar surface area (TPSA) is 38.3 Å². The lowest BCUT2D eigenvalue weighted by Crippen LogP contribution is -2.30. The van der Waals surface area contributed by atoms with E-state index in [4.69, 9.17) is 4.74 Å². The molecule has 17 heavy (non-hydrogen) atoms. The molecule has 3 heteroatoms. The van der Waals surface area contributed by atoms with Crippen molar-refractivity contribution in [2.75, 3.05) is 13.2 Å². The normalized spacial score (nSPS) is 25.8. The SMILES string of the molecule is CCCCC(CC)COC(=O)C1CCNC1C. The molecule has 0 bridgehead atoms. The monoisotopic (exact) mass is 241 g/mol. The van der Waals surface area contributed by atoms with Crippen LogP contribution in [0.25, 0.3) is 0 Å². The van der Waals surface area contributed by atoms with Crippen molar-refractivity contribution in [2.45, 2.75) is 58.9 Å². The van der Waals surface area contributed by atoms with Crippen LogP contribution in [0.1, 0.15) is 52.9 Å². The second-order valence-electron chi connectivity index (χ2n) is 5.18. The molecule has 1 rings (SSSR count). The molecule has 1 fully saturated rings. The molecule has 0 radical (unpaired) electrons. The Hall–Kier alpha value is -0.570. The molecule has 1 aliphatic heterocycles. The minimum atomic E-state index is -0.00236. The fraction of sp³-hybridized carbons (Fsp3) is 0.929. The van der Waals surface area contributed by atoms with E-state index in [2.05, 4.69) is 26.1 Å². The third-order valence-corrected chi connectivity index (χ3v) is 3.83. The lowest BCUT2D eigenvalue weighted by Gasteiger charge is -2.18. The van der Waals surface area contributed by atoms with Gasteiger partial charge >= 0.3 is 5.97 Å². The molecule has 1 heterocycles. The van der Waals surface area contributed by atoms with Crippen LogP contribution >= 0.6 is 0 Å². The summed E-state index contributed by atoms with van der Waals surface area (Å²) in [7, 11) is 0. The minimum Gasteiger partial charge on any atom is -0.465 e. The largest absolute Gasteiger partial charge is 0.465 e. The van der Waals surface area contributed by atoms with Gasteiger partial charge in [-0.05, 0) is 32.2 Å². The highest BCUT2D eigenvalue weighted by molar-refractivity contribution is 5.73. The molecule has 3 atom stereocenters. The third kappa shape index (κ3) is 4.66. The smallest absolute Gasteiger partial charge is 0.310 e. The Morgan fingerprint density at radius 3 is 2.76 bits per heavy atom. The summed E-state index contributed by atoms with van der Waals surface area (Å²) >= 11 is 0. The first-order valence-electron chi connectivity index (χ1n) is 7.09. The van der Waals surface area contributed by atoms with E-state index in [0.717, 1.165) is 19.4 Å². The van der Waals surface area contributed by atoms with E-state index in [1.54, 1.807) is 0 Å². The van der Waals surface area contributed by atoms with E-state index in [1.165, 1.54) is 19.3 Å². The summed E-state index contributed by atoms with van der Waals surface area (Å²) < 4.78 is 5.47. The Labute approximate surface area is 105 Å². The zero-order chi connectivity index (χ0) is 12.7. The predicted octanol–water partition coefficient (Wildman–Crippen LogP) is 2.74. The highest BCUT2D eigenvalue weighted by Gasteiger charge is 2.30. The molecule has 0 amide bonds. The highest BCUT2D eigenvalue weighted by atomic mass is 16.5. The molecule has 1 aliphatic rings. The number of esters is 1. The van der Waals surface area contributed by atoms with Crippen LogP contribution in [0.5, 0.6) is 0 Å². The Balaban J connectivity index is 2.25. The average molecular weight is 241 g/mol. The van der Waals surface area contributed by atoms with Gasteiger partial charge in [-0.1, -0.05) is 33.1 Å². The molecule has 3 nitrogen and oxygen atoms in total. The van der Waals surface area contributed by atoms with Crippen molar-refractivity contribution in [3.63, 3.8) is 0 Å². The molecule has 0 aromatic carbocycles. The van der Waals surface area contributed by atoms with Crippen LogP contribution in [-0.4, -0.2) is 25.2 Å². The van der Waals surface area contributed by atoms with Gasteiger partial charge in [-0.15, -0.1) is 0 Å². The van der Waals surface area contributed by atoms with E-state index in [9.17, 15) is 4.79 Å². The number of nitrogens with one attached hydrogen (secondary N) is 1. The van der Waals surface area contributed by atoms with Gasteiger partial charge < -0.3 is 10.1 Å². The number of rotatable bonds is 7. The van der Waals surface area contributed by atoms with Gasteiger partial charge in [-0.2, -0.15) is 0 Å². The first-order valence-corrected chi connectivity index (χ1v) is 7.09. The maximum Gasteiger partial charge on any atom is 0.310 e. The van der Waals surface area contributed by atoms with Crippen molar-refractivity contribution >= 4 is 5.97 Å². The van der Waals surface area contributed by atoms with Crippen LogP contribution in [0.15, 0.2) is 0 Å².